The maximum Gasteiger partial charge on any atom is 0.169 e. The molecule has 0 unspecified atom stereocenters. The standard InChI is InChI=1S/C11H12ClO2/c1-13-10-6-2-3-7-11(10)14-9-5-4-8-12/h2-6H,8-9H2,1H3/b5-4+. The first kappa shape index (κ1) is 10.9. The van der Waals surface area contributed by atoms with E-state index in [4.69, 9.17) is 21.1 Å². The first-order valence-electron chi connectivity index (χ1n) is 4.27. The third-order valence-electron chi connectivity index (χ3n) is 1.58. The fraction of sp³-hybridized carbons (Fsp3) is 0.273. The molecule has 0 aliphatic rings. The number of benzene rings is 1. The van der Waals surface area contributed by atoms with Crippen LogP contribution in [0.15, 0.2) is 30.4 Å². The Balaban J connectivity index is 2.53. The van der Waals surface area contributed by atoms with E-state index in [2.05, 4.69) is 6.07 Å². The van der Waals surface area contributed by atoms with Crippen molar-refractivity contribution in [2.24, 2.45) is 0 Å². The number of methoxy groups -OCH3 is 1. The van der Waals surface area contributed by atoms with E-state index in [1.165, 1.54) is 0 Å². The molecule has 75 valence electrons. The number of rotatable bonds is 5. The summed E-state index contributed by atoms with van der Waals surface area (Å²) in [7, 11) is 1.60. The van der Waals surface area contributed by atoms with Crippen molar-refractivity contribution in [3.8, 4) is 11.5 Å². The molecule has 0 N–H and O–H groups in total. The van der Waals surface area contributed by atoms with Crippen LogP contribution < -0.4 is 9.47 Å². The number of hydrogen-bond acceptors (Lipinski definition) is 2. The lowest BCUT2D eigenvalue weighted by Gasteiger charge is -2.07. The van der Waals surface area contributed by atoms with E-state index < -0.39 is 0 Å². The number of alkyl halides is 1. The highest BCUT2D eigenvalue weighted by Gasteiger charge is 2.00. The van der Waals surface area contributed by atoms with Gasteiger partial charge >= 0.3 is 0 Å². The molecule has 0 atom stereocenters. The van der Waals surface area contributed by atoms with Crippen molar-refractivity contribution < 1.29 is 9.47 Å². The van der Waals surface area contributed by atoms with Crippen LogP contribution in [0.5, 0.6) is 11.5 Å². The van der Waals surface area contributed by atoms with Crippen LogP contribution in [0.3, 0.4) is 0 Å². The molecule has 1 rings (SSSR count). The van der Waals surface area contributed by atoms with Crippen LogP contribution in [0, 0.1) is 6.07 Å². The average Bonchev–Trinajstić information content (AvgIpc) is 2.25. The van der Waals surface area contributed by atoms with Gasteiger partial charge < -0.3 is 9.47 Å². The average molecular weight is 212 g/mol. The number of allylic oxidation sites excluding steroid dienone is 1. The fourth-order valence-electron chi connectivity index (χ4n) is 0.942. The second-order valence-corrected chi connectivity index (χ2v) is 2.81. The molecule has 2 nitrogen and oxygen atoms in total. The van der Waals surface area contributed by atoms with Crippen molar-refractivity contribution in [2.45, 2.75) is 0 Å². The summed E-state index contributed by atoms with van der Waals surface area (Å²) >= 11 is 5.47. The summed E-state index contributed by atoms with van der Waals surface area (Å²) in [4.78, 5) is 0. The molecule has 0 saturated carbocycles. The largest absolute Gasteiger partial charge is 0.493 e. The van der Waals surface area contributed by atoms with Crippen molar-refractivity contribution in [3.63, 3.8) is 0 Å². The minimum atomic E-state index is 0.476. The van der Waals surface area contributed by atoms with Gasteiger partial charge in [0.2, 0.25) is 0 Å². The molecule has 1 radical (unpaired) electrons. The van der Waals surface area contributed by atoms with Gasteiger partial charge in [0.1, 0.15) is 6.61 Å². The minimum Gasteiger partial charge on any atom is -0.493 e. The smallest absolute Gasteiger partial charge is 0.169 e. The highest BCUT2D eigenvalue weighted by atomic mass is 35.5. The first-order chi connectivity index (χ1) is 6.88. The molecule has 3 heteroatoms. The van der Waals surface area contributed by atoms with Crippen molar-refractivity contribution >= 4 is 11.6 Å². The number of halogens is 1. The first-order valence-corrected chi connectivity index (χ1v) is 4.80. The zero-order chi connectivity index (χ0) is 10.2. The molecule has 0 aromatic heterocycles. The summed E-state index contributed by atoms with van der Waals surface area (Å²) in [6, 6.07) is 8.41. The SMILES string of the molecule is COc1ccc[c]c1OC/C=C/CCl. The Morgan fingerprint density at radius 1 is 1.50 bits per heavy atom. The second-order valence-electron chi connectivity index (χ2n) is 2.50. The van der Waals surface area contributed by atoms with Gasteiger partial charge in [-0.05, 0) is 6.07 Å². The maximum absolute atomic E-state index is 5.47. The molecule has 0 heterocycles. The summed E-state index contributed by atoms with van der Waals surface area (Å²) in [5, 5.41) is 0. The monoisotopic (exact) mass is 211 g/mol. The van der Waals surface area contributed by atoms with Crippen LogP contribution in [0.1, 0.15) is 0 Å². The van der Waals surface area contributed by atoms with Gasteiger partial charge in [-0.15, -0.1) is 11.6 Å². The predicted molar refractivity (Wildman–Crippen MR) is 57.2 cm³/mol. The zero-order valence-corrected chi connectivity index (χ0v) is 8.75. The number of para-hydroxylation sites is 1. The Morgan fingerprint density at radius 3 is 3.07 bits per heavy atom. The van der Waals surface area contributed by atoms with E-state index in [9.17, 15) is 0 Å². The third kappa shape index (κ3) is 3.30. The van der Waals surface area contributed by atoms with E-state index >= 15 is 0 Å². The van der Waals surface area contributed by atoms with Gasteiger partial charge in [0, 0.05) is 11.9 Å². The lowest BCUT2D eigenvalue weighted by Crippen LogP contribution is -1.96. The molecule has 0 aliphatic carbocycles. The van der Waals surface area contributed by atoms with E-state index in [0.717, 1.165) is 0 Å². The minimum absolute atomic E-state index is 0.476. The van der Waals surface area contributed by atoms with Crippen molar-refractivity contribution in [2.75, 3.05) is 19.6 Å². The highest BCUT2D eigenvalue weighted by Crippen LogP contribution is 2.24. The van der Waals surface area contributed by atoms with E-state index in [1.807, 2.05) is 24.3 Å². The van der Waals surface area contributed by atoms with E-state index in [-0.39, 0.29) is 0 Å². The summed E-state index contributed by atoms with van der Waals surface area (Å²) < 4.78 is 10.5. The summed E-state index contributed by atoms with van der Waals surface area (Å²) in [6.45, 7) is 0.476. The fourth-order valence-corrected chi connectivity index (χ4v) is 1.07. The molecule has 0 aliphatic heterocycles. The quantitative estimate of drug-likeness (QED) is 0.551. The van der Waals surface area contributed by atoms with Gasteiger partial charge in [-0.2, -0.15) is 0 Å². The van der Waals surface area contributed by atoms with Crippen LogP contribution in [-0.4, -0.2) is 19.6 Å². The maximum atomic E-state index is 5.47. The van der Waals surface area contributed by atoms with Crippen molar-refractivity contribution in [1.82, 2.24) is 0 Å². The Morgan fingerprint density at radius 2 is 2.36 bits per heavy atom. The van der Waals surface area contributed by atoms with Gasteiger partial charge in [-0.3, -0.25) is 0 Å². The Bertz CT molecular complexity index is 297. The van der Waals surface area contributed by atoms with Gasteiger partial charge in [0.05, 0.1) is 7.11 Å². The van der Waals surface area contributed by atoms with Crippen LogP contribution >= 0.6 is 11.6 Å². The van der Waals surface area contributed by atoms with Gasteiger partial charge in [-0.25, -0.2) is 0 Å². The Hall–Kier alpha value is -1.15. The molecule has 0 fully saturated rings. The van der Waals surface area contributed by atoms with Crippen LogP contribution in [-0.2, 0) is 0 Å². The van der Waals surface area contributed by atoms with Crippen LogP contribution in [0.25, 0.3) is 0 Å². The van der Waals surface area contributed by atoms with Crippen molar-refractivity contribution in [1.29, 1.82) is 0 Å². The summed E-state index contributed by atoms with van der Waals surface area (Å²) in [5.41, 5.74) is 0. The third-order valence-corrected chi connectivity index (χ3v) is 1.76. The lowest BCUT2D eigenvalue weighted by atomic mass is 10.3. The summed E-state index contributed by atoms with van der Waals surface area (Å²) in [6.07, 6.45) is 3.68. The van der Waals surface area contributed by atoms with Gasteiger partial charge in [0.15, 0.2) is 11.5 Å². The molecule has 14 heavy (non-hydrogen) atoms. The second kappa shape index (κ2) is 6.33. The molecule has 1 aromatic carbocycles. The molecular weight excluding hydrogens is 200 g/mol. The van der Waals surface area contributed by atoms with E-state index in [0.29, 0.717) is 24.0 Å². The Labute approximate surface area is 89.1 Å². The lowest BCUT2D eigenvalue weighted by molar-refractivity contribution is 0.325. The molecule has 1 aromatic rings. The van der Waals surface area contributed by atoms with Gasteiger partial charge in [0.25, 0.3) is 0 Å². The topological polar surface area (TPSA) is 18.5 Å². The van der Waals surface area contributed by atoms with Crippen molar-refractivity contribution in [3.05, 3.63) is 36.4 Å². The number of hydrogen-bond donors (Lipinski definition) is 0. The Kier molecular flexibility index (Phi) is 4.94. The van der Waals surface area contributed by atoms with Crippen LogP contribution in [0.2, 0.25) is 0 Å². The predicted octanol–water partition coefficient (Wildman–Crippen LogP) is 2.67. The van der Waals surface area contributed by atoms with Gasteiger partial charge in [-0.1, -0.05) is 24.3 Å². The number of ether oxygens (including phenoxy) is 2. The zero-order valence-electron chi connectivity index (χ0n) is 8.00. The normalized spacial score (nSPS) is 10.4. The molecule has 0 saturated heterocycles. The summed E-state index contributed by atoms with van der Waals surface area (Å²) in [5.74, 6) is 1.81. The van der Waals surface area contributed by atoms with Crippen LogP contribution in [0.4, 0.5) is 0 Å². The molecule has 0 spiro atoms. The molecule has 0 bridgehead atoms. The highest BCUT2D eigenvalue weighted by molar-refractivity contribution is 6.18. The molecule has 0 amide bonds. The van der Waals surface area contributed by atoms with E-state index in [1.54, 1.807) is 13.2 Å². The molecular formula is C11H12ClO2.